The molecule has 1 unspecified atom stereocenters. The van der Waals surface area contributed by atoms with Crippen molar-refractivity contribution in [2.45, 2.75) is 19.4 Å². The van der Waals surface area contributed by atoms with Crippen LogP contribution in [-0.2, 0) is 6.42 Å². The highest BCUT2D eigenvalue weighted by atomic mass is 35.5. The van der Waals surface area contributed by atoms with E-state index in [-0.39, 0.29) is 11.9 Å². The summed E-state index contributed by atoms with van der Waals surface area (Å²) in [5, 5.41) is 9.61. The third-order valence-corrected chi connectivity index (χ3v) is 3.53. The van der Waals surface area contributed by atoms with Gasteiger partial charge in [-0.3, -0.25) is 0 Å². The molecular weight excluding hydrogens is 273 g/mol. The molecular formula is C12H13ClFN3S. The molecule has 1 atom stereocenters. The zero-order chi connectivity index (χ0) is 13.0. The molecule has 18 heavy (non-hydrogen) atoms. The fourth-order valence-corrected chi connectivity index (χ4v) is 2.53. The van der Waals surface area contributed by atoms with Crippen LogP contribution in [0.2, 0.25) is 5.02 Å². The summed E-state index contributed by atoms with van der Waals surface area (Å²) in [6.45, 7) is 2.77. The van der Waals surface area contributed by atoms with E-state index >= 15 is 0 Å². The Labute approximate surface area is 114 Å². The van der Waals surface area contributed by atoms with Crippen molar-refractivity contribution in [3.63, 3.8) is 0 Å². The van der Waals surface area contributed by atoms with E-state index in [0.29, 0.717) is 17.0 Å². The van der Waals surface area contributed by atoms with E-state index in [9.17, 15) is 4.39 Å². The van der Waals surface area contributed by atoms with Crippen molar-refractivity contribution in [3.8, 4) is 0 Å². The first-order chi connectivity index (χ1) is 8.72. The van der Waals surface area contributed by atoms with Gasteiger partial charge in [0, 0.05) is 16.0 Å². The quantitative estimate of drug-likeness (QED) is 0.916. The predicted octanol–water partition coefficient (Wildman–Crippen LogP) is 3.22. The number of hydrogen-bond acceptors (Lipinski definition) is 4. The molecule has 0 radical (unpaired) electrons. The maximum Gasteiger partial charge on any atom is 0.127 e. The zero-order valence-electron chi connectivity index (χ0n) is 9.86. The van der Waals surface area contributed by atoms with Crippen LogP contribution in [0.5, 0.6) is 0 Å². The minimum Gasteiger partial charge on any atom is -0.309 e. The van der Waals surface area contributed by atoms with Crippen LogP contribution in [0, 0.1) is 5.82 Å². The Balaban J connectivity index is 2.24. The van der Waals surface area contributed by atoms with Gasteiger partial charge in [0.05, 0.1) is 11.7 Å². The molecule has 1 N–H and O–H groups in total. The summed E-state index contributed by atoms with van der Waals surface area (Å²) in [4.78, 5) is 0. The third-order valence-electron chi connectivity index (χ3n) is 2.65. The summed E-state index contributed by atoms with van der Waals surface area (Å²) in [6.07, 6.45) is 0.463. The highest BCUT2D eigenvalue weighted by Gasteiger charge is 2.17. The number of likely N-dealkylation sites (N-methyl/N-ethyl adjacent to an activating group) is 1. The number of halogens is 2. The fourth-order valence-electron chi connectivity index (χ4n) is 1.78. The highest BCUT2D eigenvalue weighted by Crippen LogP contribution is 2.25. The smallest absolute Gasteiger partial charge is 0.127 e. The van der Waals surface area contributed by atoms with Gasteiger partial charge in [-0.25, -0.2) is 4.39 Å². The fraction of sp³-hybridized carbons (Fsp3) is 0.333. The van der Waals surface area contributed by atoms with Crippen LogP contribution >= 0.6 is 23.1 Å². The third kappa shape index (κ3) is 3.04. The highest BCUT2D eigenvalue weighted by molar-refractivity contribution is 7.03. The summed E-state index contributed by atoms with van der Waals surface area (Å²) in [6, 6.07) is 4.66. The van der Waals surface area contributed by atoms with Crippen molar-refractivity contribution in [1.82, 2.24) is 14.9 Å². The molecule has 0 aliphatic carbocycles. The van der Waals surface area contributed by atoms with Crippen molar-refractivity contribution < 1.29 is 4.39 Å². The number of rotatable bonds is 5. The van der Waals surface area contributed by atoms with E-state index in [1.165, 1.54) is 17.6 Å². The molecule has 3 nitrogen and oxygen atoms in total. The molecule has 0 fully saturated rings. The van der Waals surface area contributed by atoms with Gasteiger partial charge < -0.3 is 5.32 Å². The molecule has 6 heteroatoms. The van der Waals surface area contributed by atoms with Crippen molar-refractivity contribution in [2.75, 3.05) is 6.54 Å². The SMILES string of the molecule is CCNC(Cc1c(F)cccc1Cl)c1csnn1. The summed E-state index contributed by atoms with van der Waals surface area (Å²) in [7, 11) is 0. The van der Waals surface area contributed by atoms with Crippen molar-refractivity contribution in [1.29, 1.82) is 0 Å². The number of aromatic nitrogens is 2. The van der Waals surface area contributed by atoms with Gasteiger partial charge in [-0.2, -0.15) is 0 Å². The first-order valence-electron chi connectivity index (χ1n) is 5.65. The minimum atomic E-state index is -0.284. The molecule has 1 aromatic carbocycles. The van der Waals surface area contributed by atoms with Gasteiger partial charge in [-0.15, -0.1) is 5.10 Å². The van der Waals surface area contributed by atoms with Crippen LogP contribution in [0.25, 0.3) is 0 Å². The van der Waals surface area contributed by atoms with E-state index in [0.717, 1.165) is 12.2 Å². The lowest BCUT2D eigenvalue weighted by molar-refractivity contribution is 0.517. The normalized spacial score (nSPS) is 12.6. The average molecular weight is 286 g/mol. The van der Waals surface area contributed by atoms with Gasteiger partial charge in [0.15, 0.2) is 0 Å². The van der Waals surface area contributed by atoms with Crippen molar-refractivity contribution >= 4 is 23.1 Å². The van der Waals surface area contributed by atoms with Gasteiger partial charge in [0.25, 0.3) is 0 Å². The van der Waals surface area contributed by atoms with E-state index in [2.05, 4.69) is 14.9 Å². The Morgan fingerprint density at radius 1 is 1.50 bits per heavy atom. The Kier molecular flexibility index (Phi) is 4.63. The Morgan fingerprint density at radius 2 is 2.33 bits per heavy atom. The Morgan fingerprint density at radius 3 is 2.94 bits per heavy atom. The van der Waals surface area contributed by atoms with Gasteiger partial charge in [0.1, 0.15) is 5.82 Å². The number of hydrogen-bond donors (Lipinski definition) is 1. The maximum atomic E-state index is 13.7. The number of nitrogens with zero attached hydrogens (tertiary/aromatic N) is 2. The van der Waals surface area contributed by atoms with Gasteiger partial charge in [-0.05, 0) is 36.6 Å². The first kappa shape index (κ1) is 13.4. The second-order valence-electron chi connectivity index (χ2n) is 3.84. The molecule has 2 aromatic rings. The molecule has 1 heterocycles. The van der Waals surface area contributed by atoms with E-state index in [1.807, 2.05) is 12.3 Å². The van der Waals surface area contributed by atoms with Crippen LogP contribution in [0.15, 0.2) is 23.6 Å². The monoisotopic (exact) mass is 285 g/mol. The molecule has 1 aromatic heterocycles. The van der Waals surface area contributed by atoms with Crippen LogP contribution in [0.4, 0.5) is 4.39 Å². The molecule has 0 saturated heterocycles. The maximum absolute atomic E-state index is 13.7. The first-order valence-corrected chi connectivity index (χ1v) is 6.87. The summed E-state index contributed by atoms with van der Waals surface area (Å²) in [5.74, 6) is -0.284. The Bertz CT molecular complexity index is 484. The lowest BCUT2D eigenvalue weighted by atomic mass is 10.0. The van der Waals surface area contributed by atoms with Crippen LogP contribution in [0.1, 0.15) is 24.2 Å². The zero-order valence-corrected chi connectivity index (χ0v) is 11.4. The van der Waals surface area contributed by atoms with E-state index in [4.69, 9.17) is 11.6 Å². The topological polar surface area (TPSA) is 37.8 Å². The summed E-state index contributed by atoms with van der Waals surface area (Å²) in [5.41, 5.74) is 1.33. The minimum absolute atomic E-state index is 0.0665. The van der Waals surface area contributed by atoms with Crippen LogP contribution in [0.3, 0.4) is 0 Å². The van der Waals surface area contributed by atoms with E-state index in [1.54, 1.807) is 12.1 Å². The Hall–Kier alpha value is -1.04. The molecule has 0 bridgehead atoms. The second kappa shape index (κ2) is 6.22. The standard InChI is InChI=1S/C12H13ClFN3S/c1-2-15-11(12-7-18-17-16-12)6-8-9(13)4-3-5-10(8)14/h3-5,7,11,15H,2,6H2,1H3. The lowest BCUT2D eigenvalue weighted by Gasteiger charge is -2.16. The average Bonchev–Trinajstić information content (AvgIpc) is 2.86. The van der Waals surface area contributed by atoms with Crippen LogP contribution < -0.4 is 5.32 Å². The van der Waals surface area contributed by atoms with Crippen LogP contribution in [-0.4, -0.2) is 16.1 Å². The van der Waals surface area contributed by atoms with Gasteiger partial charge in [0.2, 0.25) is 0 Å². The summed E-state index contributed by atoms with van der Waals surface area (Å²) < 4.78 is 17.6. The van der Waals surface area contributed by atoms with Gasteiger partial charge in [-0.1, -0.05) is 29.1 Å². The molecule has 2 rings (SSSR count). The number of benzene rings is 1. The molecule has 96 valence electrons. The predicted molar refractivity (Wildman–Crippen MR) is 71.4 cm³/mol. The van der Waals surface area contributed by atoms with Gasteiger partial charge >= 0.3 is 0 Å². The van der Waals surface area contributed by atoms with Crippen molar-refractivity contribution in [3.05, 3.63) is 45.7 Å². The molecule has 0 saturated carbocycles. The van der Waals surface area contributed by atoms with E-state index < -0.39 is 0 Å². The number of nitrogens with one attached hydrogen (secondary N) is 1. The van der Waals surface area contributed by atoms with Crippen molar-refractivity contribution in [2.24, 2.45) is 0 Å². The molecule has 0 aliphatic rings. The second-order valence-corrected chi connectivity index (χ2v) is 4.86. The molecule has 0 spiro atoms. The lowest BCUT2D eigenvalue weighted by Crippen LogP contribution is -2.23. The molecule has 0 aliphatic heterocycles. The molecule has 0 amide bonds. The largest absolute Gasteiger partial charge is 0.309 e. The summed E-state index contributed by atoms with van der Waals surface area (Å²) >= 11 is 7.32.